The maximum atomic E-state index is 10.9. The predicted molar refractivity (Wildman–Crippen MR) is 62.8 cm³/mol. The zero-order chi connectivity index (χ0) is 12.6. The summed E-state index contributed by atoms with van der Waals surface area (Å²) in [5.41, 5.74) is 1.92. The molecule has 0 aliphatic heterocycles. The molecule has 1 N–H and O–H groups in total. The fourth-order valence-corrected chi connectivity index (χ4v) is 2.22. The summed E-state index contributed by atoms with van der Waals surface area (Å²) in [6, 6.07) is 3.82. The van der Waals surface area contributed by atoms with Gasteiger partial charge in [-0.3, -0.25) is 4.79 Å². The molecule has 4 nitrogen and oxygen atoms in total. The van der Waals surface area contributed by atoms with Crippen molar-refractivity contribution in [3.05, 3.63) is 23.3 Å². The summed E-state index contributed by atoms with van der Waals surface area (Å²) in [5.74, 6) is 0.393. The van der Waals surface area contributed by atoms with Crippen LogP contribution in [-0.4, -0.2) is 25.3 Å². The van der Waals surface area contributed by atoms with Crippen molar-refractivity contribution in [2.45, 2.75) is 19.3 Å². The zero-order valence-electron chi connectivity index (χ0n) is 10.2. The Morgan fingerprint density at radius 3 is 2.18 bits per heavy atom. The molecule has 0 bridgehead atoms. The lowest BCUT2D eigenvalue weighted by Gasteiger charge is -2.14. The summed E-state index contributed by atoms with van der Waals surface area (Å²) in [5, 5.41) is 8.99. The highest BCUT2D eigenvalue weighted by Gasteiger charge is 2.47. The van der Waals surface area contributed by atoms with Gasteiger partial charge in [-0.05, 0) is 31.0 Å². The first-order valence-electron chi connectivity index (χ1n) is 5.53. The summed E-state index contributed by atoms with van der Waals surface area (Å²) in [4.78, 5) is 10.9. The number of hydrogen-bond acceptors (Lipinski definition) is 3. The number of carboxylic acid groups (broad SMARTS) is 1. The molecule has 17 heavy (non-hydrogen) atoms. The monoisotopic (exact) mass is 236 g/mol. The Bertz CT molecular complexity index is 428. The number of aryl methyl sites for hydroxylation is 1. The van der Waals surface area contributed by atoms with Crippen LogP contribution in [0.15, 0.2) is 12.1 Å². The molecule has 0 amide bonds. The quantitative estimate of drug-likeness (QED) is 0.870. The van der Waals surface area contributed by atoms with E-state index in [0.717, 1.165) is 22.6 Å². The summed E-state index contributed by atoms with van der Waals surface area (Å²) in [6.45, 7) is 1.95. The average Bonchev–Trinajstić information content (AvgIpc) is 3.07. The van der Waals surface area contributed by atoms with Crippen LogP contribution in [0.1, 0.15) is 23.5 Å². The molecule has 1 aliphatic carbocycles. The van der Waals surface area contributed by atoms with Gasteiger partial charge in [-0.15, -0.1) is 0 Å². The van der Waals surface area contributed by atoms with E-state index in [1.165, 1.54) is 0 Å². The summed E-state index contributed by atoms with van der Waals surface area (Å²) in [6.07, 6.45) is 0.658. The van der Waals surface area contributed by atoms with Crippen molar-refractivity contribution in [3.63, 3.8) is 0 Å². The average molecular weight is 236 g/mol. The third-order valence-corrected chi connectivity index (χ3v) is 3.17. The number of rotatable bonds is 4. The fraction of sp³-hybridized carbons (Fsp3) is 0.462. The molecule has 0 heterocycles. The van der Waals surface area contributed by atoms with E-state index in [4.69, 9.17) is 14.6 Å². The number of carboxylic acids is 1. The van der Waals surface area contributed by atoms with Gasteiger partial charge in [0.2, 0.25) is 0 Å². The second-order valence-corrected chi connectivity index (χ2v) is 4.37. The Labute approximate surface area is 100 Å². The van der Waals surface area contributed by atoms with Crippen LogP contribution in [0.3, 0.4) is 0 Å². The van der Waals surface area contributed by atoms with Crippen molar-refractivity contribution in [2.24, 2.45) is 5.92 Å². The van der Waals surface area contributed by atoms with Crippen molar-refractivity contribution < 1.29 is 19.4 Å². The van der Waals surface area contributed by atoms with Crippen LogP contribution in [0, 0.1) is 12.8 Å². The van der Waals surface area contributed by atoms with Crippen LogP contribution >= 0.6 is 0 Å². The first kappa shape index (κ1) is 11.8. The van der Waals surface area contributed by atoms with E-state index in [9.17, 15) is 4.79 Å². The van der Waals surface area contributed by atoms with E-state index in [1.54, 1.807) is 14.2 Å². The molecule has 4 heteroatoms. The molecule has 0 radical (unpaired) electrons. The molecule has 1 aromatic carbocycles. The van der Waals surface area contributed by atoms with E-state index in [1.807, 2.05) is 19.1 Å². The van der Waals surface area contributed by atoms with Gasteiger partial charge in [-0.2, -0.15) is 0 Å². The minimum Gasteiger partial charge on any atom is -0.496 e. The smallest absolute Gasteiger partial charge is 0.307 e. The minimum atomic E-state index is -0.750. The Morgan fingerprint density at radius 1 is 1.29 bits per heavy atom. The normalized spacial score (nSPS) is 22.1. The third-order valence-electron chi connectivity index (χ3n) is 3.17. The van der Waals surface area contributed by atoms with Crippen molar-refractivity contribution >= 4 is 5.97 Å². The number of carbonyl (C=O) groups is 1. The minimum absolute atomic E-state index is 0.0120. The lowest BCUT2D eigenvalue weighted by molar-refractivity contribution is -0.138. The topological polar surface area (TPSA) is 55.8 Å². The number of hydrogen-bond donors (Lipinski definition) is 1. The molecule has 1 aromatic rings. The maximum Gasteiger partial charge on any atom is 0.307 e. The van der Waals surface area contributed by atoms with Gasteiger partial charge in [0.25, 0.3) is 0 Å². The Morgan fingerprint density at radius 2 is 1.82 bits per heavy atom. The van der Waals surface area contributed by atoms with Gasteiger partial charge < -0.3 is 14.6 Å². The Balaban J connectivity index is 2.41. The van der Waals surface area contributed by atoms with Crippen LogP contribution in [0.5, 0.6) is 11.5 Å². The molecule has 0 saturated heterocycles. The Kier molecular flexibility index (Phi) is 2.96. The van der Waals surface area contributed by atoms with E-state index >= 15 is 0 Å². The second-order valence-electron chi connectivity index (χ2n) is 4.37. The number of ether oxygens (including phenoxy) is 2. The van der Waals surface area contributed by atoms with Gasteiger partial charge >= 0.3 is 5.97 Å². The summed E-state index contributed by atoms with van der Waals surface area (Å²) >= 11 is 0. The maximum absolute atomic E-state index is 10.9. The SMILES string of the molecule is COc1cc(C)cc(OC)c1C1CC1C(=O)O. The van der Waals surface area contributed by atoms with Crippen molar-refractivity contribution in [1.29, 1.82) is 0 Å². The van der Waals surface area contributed by atoms with Gasteiger partial charge in [0.15, 0.2) is 0 Å². The molecule has 92 valence electrons. The molecule has 0 aromatic heterocycles. The van der Waals surface area contributed by atoms with E-state index in [2.05, 4.69) is 0 Å². The lowest BCUT2D eigenvalue weighted by atomic mass is 10.0. The molecular weight excluding hydrogens is 220 g/mol. The van der Waals surface area contributed by atoms with E-state index in [0.29, 0.717) is 6.42 Å². The molecule has 1 aliphatic rings. The molecule has 2 unspecified atom stereocenters. The zero-order valence-corrected chi connectivity index (χ0v) is 10.2. The largest absolute Gasteiger partial charge is 0.496 e. The summed E-state index contributed by atoms with van der Waals surface area (Å²) < 4.78 is 10.7. The van der Waals surface area contributed by atoms with Gasteiger partial charge in [0.1, 0.15) is 11.5 Å². The van der Waals surface area contributed by atoms with Crippen LogP contribution in [0.4, 0.5) is 0 Å². The second kappa shape index (κ2) is 4.28. The molecule has 1 fully saturated rings. The van der Waals surface area contributed by atoms with Gasteiger partial charge in [-0.25, -0.2) is 0 Å². The molecule has 0 spiro atoms. The van der Waals surface area contributed by atoms with Gasteiger partial charge in [-0.1, -0.05) is 0 Å². The molecule has 1 saturated carbocycles. The number of aliphatic carboxylic acids is 1. The van der Waals surface area contributed by atoms with Crippen LogP contribution in [0.25, 0.3) is 0 Å². The first-order chi connectivity index (χ1) is 8.08. The van der Waals surface area contributed by atoms with Crippen LogP contribution in [-0.2, 0) is 4.79 Å². The highest BCUT2D eigenvalue weighted by atomic mass is 16.5. The lowest BCUT2D eigenvalue weighted by Crippen LogP contribution is -2.02. The summed E-state index contributed by atoms with van der Waals surface area (Å²) in [7, 11) is 3.19. The van der Waals surface area contributed by atoms with Crippen molar-refractivity contribution in [2.75, 3.05) is 14.2 Å². The first-order valence-corrected chi connectivity index (χ1v) is 5.53. The Hall–Kier alpha value is -1.71. The standard InChI is InChI=1S/C13H16O4/c1-7-4-10(16-2)12(11(5-7)17-3)8-6-9(8)13(14)15/h4-5,8-9H,6H2,1-3H3,(H,14,15). The highest BCUT2D eigenvalue weighted by Crippen LogP contribution is 2.53. The number of methoxy groups -OCH3 is 2. The predicted octanol–water partition coefficient (Wildman–Crippen LogP) is 2.20. The van der Waals surface area contributed by atoms with Crippen molar-refractivity contribution in [3.8, 4) is 11.5 Å². The third kappa shape index (κ3) is 2.07. The highest BCUT2D eigenvalue weighted by molar-refractivity contribution is 5.76. The van der Waals surface area contributed by atoms with Gasteiger partial charge in [0, 0.05) is 11.5 Å². The molecule has 2 atom stereocenters. The van der Waals surface area contributed by atoms with Crippen LogP contribution in [0.2, 0.25) is 0 Å². The molecular formula is C13H16O4. The fourth-order valence-electron chi connectivity index (χ4n) is 2.22. The van der Waals surface area contributed by atoms with Crippen LogP contribution < -0.4 is 9.47 Å². The molecule has 2 rings (SSSR count). The van der Waals surface area contributed by atoms with E-state index < -0.39 is 5.97 Å². The van der Waals surface area contributed by atoms with Gasteiger partial charge in [0.05, 0.1) is 20.1 Å². The number of benzene rings is 1. The van der Waals surface area contributed by atoms with Crippen molar-refractivity contribution in [1.82, 2.24) is 0 Å². The van der Waals surface area contributed by atoms with E-state index in [-0.39, 0.29) is 11.8 Å².